The van der Waals surface area contributed by atoms with Crippen molar-refractivity contribution in [3.05, 3.63) is 95.7 Å². The number of halogens is 1. The standard InChI is InChI=1S/C20H19FN6O/c21-18-7-5-16(6-8-18)13-27-20(23-24-25-27)15-26(14-19-4-2-10-28-19)12-17-3-1-9-22-11-17/h1-11H,12-15H2/p+1. The summed E-state index contributed by atoms with van der Waals surface area (Å²) in [4.78, 5) is 5.42. The summed E-state index contributed by atoms with van der Waals surface area (Å²) in [5.41, 5.74) is 2.07. The SMILES string of the molecule is Fc1ccc(Cn2nnnc2C[NH+](Cc2cccnc2)Cc2ccco2)cc1. The quantitative estimate of drug-likeness (QED) is 0.504. The number of tetrazole rings is 1. The fraction of sp³-hybridized carbons (Fsp3) is 0.200. The van der Waals surface area contributed by atoms with Crippen molar-refractivity contribution in [3.63, 3.8) is 0 Å². The lowest BCUT2D eigenvalue weighted by Crippen LogP contribution is -3.08. The molecule has 8 heteroatoms. The van der Waals surface area contributed by atoms with Crippen molar-refractivity contribution in [2.75, 3.05) is 0 Å². The summed E-state index contributed by atoms with van der Waals surface area (Å²) >= 11 is 0. The Morgan fingerprint density at radius 3 is 2.61 bits per heavy atom. The Morgan fingerprint density at radius 2 is 1.86 bits per heavy atom. The number of hydrogen-bond donors (Lipinski definition) is 1. The second-order valence-electron chi connectivity index (χ2n) is 6.60. The first-order valence-corrected chi connectivity index (χ1v) is 9.00. The first-order chi connectivity index (χ1) is 13.8. The minimum atomic E-state index is -0.258. The second-order valence-corrected chi connectivity index (χ2v) is 6.60. The smallest absolute Gasteiger partial charge is 0.206 e. The molecule has 0 saturated heterocycles. The lowest BCUT2D eigenvalue weighted by Gasteiger charge is -2.18. The van der Waals surface area contributed by atoms with Gasteiger partial charge in [0, 0.05) is 18.0 Å². The van der Waals surface area contributed by atoms with Gasteiger partial charge in [-0.05, 0) is 46.3 Å². The van der Waals surface area contributed by atoms with Gasteiger partial charge in [-0.2, -0.15) is 0 Å². The van der Waals surface area contributed by atoms with Crippen molar-refractivity contribution in [3.8, 4) is 0 Å². The summed E-state index contributed by atoms with van der Waals surface area (Å²) in [6, 6.07) is 14.2. The van der Waals surface area contributed by atoms with Gasteiger partial charge < -0.3 is 9.32 Å². The van der Waals surface area contributed by atoms with Gasteiger partial charge >= 0.3 is 0 Å². The van der Waals surface area contributed by atoms with Gasteiger partial charge in [-0.3, -0.25) is 4.98 Å². The summed E-state index contributed by atoms with van der Waals surface area (Å²) in [5.74, 6) is 1.40. The van der Waals surface area contributed by atoms with Crippen LogP contribution in [0.25, 0.3) is 0 Å². The molecule has 0 bridgehead atoms. The number of nitrogens with one attached hydrogen (secondary N) is 1. The minimum Gasteiger partial charge on any atom is -0.463 e. The monoisotopic (exact) mass is 379 g/mol. The predicted molar refractivity (Wildman–Crippen MR) is 98.3 cm³/mol. The minimum absolute atomic E-state index is 0.258. The normalized spacial score (nSPS) is 12.2. The van der Waals surface area contributed by atoms with E-state index >= 15 is 0 Å². The van der Waals surface area contributed by atoms with Crippen LogP contribution in [0.3, 0.4) is 0 Å². The number of furan rings is 1. The molecule has 1 N–H and O–H groups in total. The predicted octanol–water partition coefficient (Wildman–Crippen LogP) is 1.63. The van der Waals surface area contributed by atoms with Crippen LogP contribution in [0.5, 0.6) is 0 Å². The second kappa shape index (κ2) is 8.53. The summed E-state index contributed by atoms with van der Waals surface area (Å²) in [6.07, 6.45) is 5.30. The number of nitrogens with zero attached hydrogens (tertiary/aromatic N) is 5. The van der Waals surface area contributed by atoms with E-state index in [0.717, 1.165) is 29.3 Å². The third-order valence-corrected chi connectivity index (χ3v) is 4.44. The molecule has 4 rings (SSSR count). The molecule has 0 spiro atoms. The molecule has 0 amide bonds. The van der Waals surface area contributed by atoms with Gasteiger partial charge in [-0.15, -0.1) is 5.10 Å². The number of quaternary nitrogens is 1. The molecular weight excluding hydrogens is 359 g/mol. The molecule has 28 heavy (non-hydrogen) atoms. The van der Waals surface area contributed by atoms with Gasteiger partial charge in [-0.1, -0.05) is 18.2 Å². The molecule has 0 fully saturated rings. The van der Waals surface area contributed by atoms with Crippen LogP contribution in [0.2, 0.25) is 0 Å². The Morgan fingerprint density at radius 1 is 0.964 bits per heavy atom. The maximum absolute atomic E-state index is 13.1. The molecule has 0 aliphatic rings. The van der Waals surface area contributed by atoms with E-state index in [2.05, 4.69) is 26.6 Å². The van der Waals surface area contributed by atoms with Gasteiger partial charge in [0.05, 0.1) is 12.8 Å². The molecule has 3 aromatic heterocycles. The summed E-state index contributed by atoms with van der Waals surface area (Å²) in [6.45, 7) is 2.57. The van der Waals surface area contributed by atoms with Crippen LogP contribution in [0.15, 0.2) is 71.6 Å². The molecule has 1 unspecified atom stereocenters. The molecule has 0 aliphatic carbocycles. The zero-order chi connectivity index (χ0) is 19.2. The van der Waals surface area contributed by atoms with Crippen LogP contribution in [0.4, 0.5) is 4.39 Å². The van der Waals surface area contributed by atoms with Crippen molar-refractivity contribution < 1.29 is 13.7 Å². The van der Waals surface area contributed by atoms with Gasteiger partial charge in [0.1, 0.15) is 25.5 Å². The number of aromatic nitrogens is 5. The van der Waals surface area contributed by atoms with Gasteiger partial charge in [0.25, 0.3) is 0 Å². The van der Waals surface area contributed by atoms with E-state index < -0.39 is 0 Å². The average molecular weight is 379 g/mol. The lowest BCUT2D eigenvalue weighted by molar-refractivity contribution is -0.942. The van der Waals surface area contributed by atoms with Crippen LogP contribution in [0.1, 0.15) is 22.7 Å². The third-order valence-electron chi connectivity index (χ3n) is 4.44. The highest BCUT2D eigenvalue weighted by Crippen LogP contribution is 2.06. The van der Waals surface area contributed by atoms with Crippen LogP contribution in [-0.4, -0.2) is 25.2 Å². The largest absolute Gasteiger partial charge is 0.463 e. The molecule has 0 saturated carbocycles. The van der Waals surface area contributed by atoms with E-state index in [4.69, 9.17) is 4.42 Å². The molecular formula is C20H20FN6O+. The number of pyridine rings is 1. The van der Waals surface area contributed by atoms with Crippen LogP contribution < -0.4 is 4.90 Å². The van der Waals surface area contributed by atoms with Crippen molar-refractivity contribution in [2.24, 2.45) is 0 Å². The molecule has 1 aromatic carbocycles. The van der Waals surface area contributed by atoms with Crippen LogP contribution in [0, 0.1) is 5.82 Å². The highest BCUT2D eigenvalue weighted by atomic mass is 19.1. The maximum Gasteiger partial charge on any atom is 0.206 e. The Hall–Kier alpha value is -3.39. The number of rotatable bonds is 8. The fourth-order valence-corrected chi connectivity index (χ4v) is 3.10. The topological polar surface area (TPSA) is 74.1 Å². The van der Waals surface area contributed by atoms with E-state index in [1.807, 2.05) is 24.4 Å². The zero-order valence-corrected chi connectivity index (χ0v) is 15.2. The third kappa shape index (κ3) is 4.66. The Bertz CT molecular complexity index is 985. The van der Waals surface area contributed by atoms with E-state index in [1.54, 1.807) is 29.3 Å². The highest BCUT2D eigenvalue weighted by molar-refractivity contribution is 5.16. The van der Waals surface area contributed by atoms with Gasteiger partial charge in [0.2, 0.25) is 5.82 Å². The van der Waals surface area contributed by atoms with Crippen molar-refractivity contribution in [1.82, 2.24) is 25.2 Å². The summed E-state index contributed by atoms with van der Waals surface area (Å²) < 4.78 is 20.4. The van der Waals surface area contributed by atoms with E-state index in [9.17, 15) is 4.39 Å². The maximum atomic E-state index is 13.1. The molecule has 0 radical (unpaired) electrons. The molecule has 1 atom stereocenters. The molecule has 4 aromatic rings. The molecule has 142 valence electrons. The zero-order valence-electron chi connectivity index (χ0n) is 15.2. The van der Waals surface area contributed by atoms with Crippen molar-refractivity contribution in [1.29, 1.82) is 0 Å². The average Bonchev–Trinajstić information content (AvgIpc) is 3.37. The number of benzene rings is 1. The fourth-order valence-electron chi connectivity index (χ4n) is 3.10. The molecule has 3 heterocycles. The Labute approximate surface area is 161 Å². The lowest BCUT2D eigenvalue weighted by atomic mass is 10.2. The van der Waals surface area contributed by atoms with Crippen LogP contribution in [-0.2, 0) is 26.2 Å². The Balaban J connectivity index is 1.51. The highest BCUT2D eigenvalue weighted by Gasteiger charge is 2.18. The number of hydrogen-bond acceptors (Lipinski definition) is 5. The summed E-state index contributed by atoms with van der Waals surface area (Å²) in [7, 11) is 0. The van der Waals surface area contributed by atoms with Gasteiger partial charge in [-0.25, -0.2) is 9.07 Å². The van der Waals surface area contributed by atoms with E-state index in [1.165, 1.54) is 17.0 Å². The molecule has 0 aliphatic heterocycles. The van der Waals surface area contributed by atoms with Crippen molar-refractivity contribution >= 4 is 0 Å². The first-order valence-electron chi connectivity index (χ1n) is 9.00. The Kier molecular flexibility index (Phi) is 5.48. The van der Waals surface area contributed by atoms with E-state index in [0.29, 0.717) is 19.6 Å². The van der Waals surface area contributed by atoms with Crippen LogP contribution >= 0.6 is 0 Å². The molecule has 7 nitrogen and oxygen atoms in total. The summed E-state index contributed by atoms with van der Waals surface area (Å²) in [5, 5.41) is 12.1. The first kappa shape index (κ1) is 18.0. The van der Waals surface area contributed by atoms with Gasteiger partial charge in [0.15, 0.2) is 5.76 Å². The van der Waals surface area contributed by atoms with E-state index in [-0.39, 0.29) is 5.82 Å². The van der Waals surface area contributed by atoms with Crippen molar-refractivity contribution in [2.45, 2.75) is 26.2 Å².